The zero-order valence-corrected chi connectivity index (χ0v) is 19.0. The average Bonchev–Trinajstić information content (AvgIpc) is 2.98. The average molecular weight is 464 g/mol. The second-order valence-corrected chi connectivity index (χ2v) is 8.81. The first-order valence-corrected chi connectivity index (χ1v) is 11.1. The molecule has 172 valence electrons. The number of nitrogens with zero attached hydrogens (tertiary/aromatic N) is 2. The summed E-state index contributed by atoms with van der Waals surface area (Å²) in [4.78, 5) is 29.8. The molecule has 5 nitrogen and oxygen atoms in total. The van der Waals surface area contributed by atoms with Gasteiger partial charge in [0, 0.05) is 37.7 Å². The number of rotatable bonds is 6. The summed E-state index contributed by atoms with van der Waals surface area (Å²) in [5.41, 5.74) is 0.476. The fourth-order valence-corrected chi connectivity index (χ4v) is 3.96. The van der Waals surface area contributed by atoms with Crippen molar-refractivity contribution in [2.75, 3.05) is 26.2 Å². The van der Waals surface area contributed by atoms with Crippen molar-refractivity contribution in [3.05, 3.63) is 70.2 Å². The van der Waals surface area contributed by atoms with E-state index in [2.05, 4.69) is 10.2 Å². The van der Waals surface area contributed by atoms with Crippen LogP contribution in [-0.2, 0) is 11.3 Å². The van der Waals surface area contributed by atoms with Crippen LogP contribution in [0.3, 0.4) is 0 Å². The van der Waals surface area contributed by atoms with Crippen LogP contribution in [0, 0.1) is 17.6 Å². The highest BCUT2D eigenvalue weighted by molar-refractivity contribution is 6.30. The highest BCUT2D eigenvalue weighted by Gasteiger charge is 2.31. The van der Waals surface area contributed by atoms with Gasteiger partial charge in [0.1, 0.15) is 23.2 Å². The third-order valence-electron chi connectivity index (χ3n) is 5.63. The van der Waals surface area contributed by atoms with Gasteiger partial charge in [-0.05, 0) is 42.2 Å². The molecule has 2 aromatic rings. The summed E-state index contributed by atoms with van der Waals surface area (Å²) in [6.45, 7) is 6.95. The van der Waals surface area contributed by atoms with Gasteiger partial charge in [0.05, 0.1) is 0 Å². The van der Waals surface area contributed by atoms with E-state index in [0.717, 1.165) is 37.2 Å². The molecule has 1 atom stereocenters. The molecule has 8 heteroatoms. The fraction of sp³-hybridized carbons (Fsp3) is 0.417. The van der Waals surface area contributed by atoms with Crippen LogP contribution in [0.2, 0.25) is 5.02 Å². The van der Waals surface area contributed by atoms with Crippen LogP contribution in [0.15, 0.2) is 42.5 Å². The maximum Gasteiger partial charge on any atom is 0.257 e. The standard InChI is InChI=1S/C24H28ClF2N3O2/c1-16(2)22(28-23(31)21-19(26)5-3-6-20(21)27)24(32)30-12-4-11-29(13-14-30)15-17-7-9-18(25)10-8-17/h3,5-10,16,22H,4,11-15H2,1-2H3,(H,28,31). The van der Waals surface area contributed by atoms with E-state index in [-0.39, 0.29) is 11.8 Å². The molecule has 1 unspecified atom stereocenters. The zero-order chi connectivity index (χ0) is 23.3. The summed E-state index contributed by atoms with van der Waals surface area (Å²) in [6.07, 6.45) is 0.792. The third-order valence-corrected chi connectivity index (χ3v) is 5.88. The van der Waals surface area contributed by atoms with Gasteiger partial charge >= 0.3 is 0 Å². The molecule has 1 fully saturated rings. The molecule has 1 N–H and O–H groups in total. The van der Waals surface area contributed by atoms with Crippen molar-refractivity contribution < 1.29 is 18.4 Å². The monoisotopic (exact) mass is 463 g/mol. The minimum Gasteiger partial charge on any atom is -0.340 e. The van der Waals surface area contributed by atoms with Crippen molar-refractivity contribution in [1.29, 1.82) is 0 Å². The number of amides is 2. The lowest BCUT2D eigenvalue weighted by Gasteiger charge is -2.29. The molecule has 2 aromatic carbocycles. The molecule has 0 saturated carbocycles. The van der Waals surface area contributed by atoms with Gasteiger partial charge in [0.25, 0.3) is 5.91 Å². The van der Waals surface area contributed by atoms with E-state index >= 15 is 0 Å². The number of nitrogens with one attached hydrogen (secondary N) is 1. The van der Waals surface area contributed by atoms with E-state index in [4.69, 9.17) is 11.6 Å². The van der Waals surface area contributed by atoms with Crippen LogP contribution < -0.4 is 5.32 Å². The minimum atomic E-state index is -0.954. The topological polar surface area (TPSA) is 52.7 Å². The summed E-state index contributed by atoms with van der Waals surface area (Å²) in [5.74, 6) is -3.31. The molecule has 32 heavy (non-hydrogen) atoms. The van der Waals surface area contributed by atoms with Gasteiger partial charge in [-0.2, -0.15) is 0 Å². The maximum absolute atomic E-state index is 14.0. The van der Waals surface area contributed by atoms with Gasteiger partial charge < -0.3 is 10.2 Å². The molecule has 1 aliphatic rings. The van der Waals surface area contributed by atoms with Gasteiger partial charge in [-0.25, -0.2) is 8.78 Å². The lowest BCUT2D eigenvalue weighted by Crippen LogP contribution is -2.52. The largest absolute Gasteiger partial charge is 0.340 e. The zero-order valence-electron chi connectivity index (χ0n) is 18.3. The van der Waals surface area contributed by atoms with Crippen molar-refractivity contribution in [2.24, 2.45) is 5.92 Å². The van der Waals surface area contributed by atoms with E-state index in [1.807, 2.05) is 24.3 Å². The molecule has 1 heterocycles. The molecular formula is C24H28ClF2N3O2. The summed E-state index contributed by atoms with van der Waals surface area (Å²) in [5, 5.41) is 3.24. The number of halogens is 3. The van der Waals surface area contributed by atoms with E-state index in [0.29, 0.717) is 24.7 Å². The third kappa shape index (κ3) is 6.04. The number of hydrogen-bond donors (Lipinski definition) is 1. The molecule has 1 aliphatic heterocycles. The predicted octanol–water partition coefficient (Wildman–Crippen LogP) is 4.11. The van der Waals surface area contributed by atoms with Crippen LogP contribution in [-0.4, -0.2) is 53.8 Å². The van der Waals surface area contributed by atoms with Gasteiger partial charge in [-0.3, -0.25) is 14.5 Å². The number of benzene rings is 2. The van der Waals surface area contributed by atoms with Gasteiger partial charge in [-0.15, -0.1) is 0 Å². The van der Waals surface area contributed by atoms with Crippen LogP contribution >= 0.6 is 11.6 Å². The molecular weight excluding hydrogens is 436 g/mol. The van der Waals surface area contributed by atoms with Gasteiger partial charge in [-0.1, -0.05) is 43.6 Å². The molecule has 0 aliphatic carbocycles. The van der Waals surface area contributed by atoms with Gasteiger partial charge in [0.2, 0.25) is 5.91 Å². The van der Waals surface area contributed by atoms with Crippen molar-refractivity contribution >= 4 is 23.4 Å². The van der Waals surface area contributed by atoms with E-state index in [9.17, 15) is 18.4 Å². The molecule has 0 aromatic heterocycles. The Hall–Kier alpha value is -2.51. The normalized spacial score (nSPS) is 16.0. The van der Waals surface area contributed by atoms with E-state index < -0.39 is 29.1 Å². The maximum atomic E-state index is 14.0. The Morgan fingerprint density at radius 3 is 2.28 bits per heavy atom. The van der Waals surface area contributed by atoms with Gasteiger partial charge in [0.15, 0.2) is 0 Å². The second-order valence-electron chi connectivity index (χ2n) is 8.37. The van der Waals surface area contributed by atoms with Crippen LogP contribution in [0.4, 0.5) is 8.78 Å². The van der Waals surface area contributed by atoms with Crippen LogP contribution in [0.25, 0.3) is 0 Å². The van der Waals surface area contributed by atoms with Crippen molar-refractivity contribution in [3.63, 3.8) is 0 Å². The fourth-order valence-electron chi connectivity index (χ4n) is 3.84. The van der Waals surface area contributed by atoms with Crippen molar-refractivity contribution in [1.82, 2.24) is 15.1 Å². The molecule has 0 radical (unpaired) electrons. The first kappa shape index (κ1) is 24.1. The van der Waals surface area contributed by atoms with E-state index in [1.54, 1.807) is 18.7 Å². The van der Waals surface area contributed by atoms with Crippen LogP contribution in [0.1, 0.15) is 36.2 Å². The molecule has 1 saturated heterocycles. The van der Waals surface area contributed by atoms with Crippen LogP contribution in [0.5, 0.6) is 0 Å². The highest BCUT2D eigenvalue weighted by atomic mass is 35.5. The number of hydrogen-bond acceptors (Lipinski definition) is 3. The first-order chi connectivity index (χ1) is 15.3. The number of carbonyl (C=O) groups excluding carboxylic acids is 2. The highest BCUT2D eigenvalue weighted by Crippen LogP contribution is 2.16. The Labute approximate surface area is 192 Å². The minimum absolute atomic E-state index is 0.238. The Morgan fingerprint density at radius 1 is 1.00 bits per heavy atom. The molecule has 2 amide bonds. The smallest absolute Gasteiger partial charge is 0.257 e. The summed E-state index contributed by atoms with van der Waals surface area (Å²) in [6, 6.07) is 10.1. The summed E-state index contributed by atoms with van der Waals surface area (Å²) in [7, 11) is 0. The SMILES string of the molecule is CC(C)C(NC(=O)c1c(F)cccc1F)C(=O)N1CCCN(Cc2ccc(Cl)cc2)CC1. The Morgan fingerprint density at radius 2 is 1.66 bits per heavy atom. The summed E-state index contributed by atoms with van der Waals surface area (Å²) >= 11 is 5.95. The Bertz CT molecular complexity index is 933. The van der Waals surface area contributed by atoms with E-state index in [1.165, 1.54) is 6.07 Å². The number of carbonyl (C=O) groups is 2. The predicted molar refractivity (Wildman–Crippen MR) is 120 cm³/mol. The first-order valence-electron chi connectivity index (χ1n) is 10.8. The molecule has 0 bridgehead atoms. The molecule has 0 spiro atoms. The summed E-state index contributed by atoms with van der Waals surface area (Å²) < 4.78 is 28.0. The second kappa shape index (κ2) is 10.9. The Kier molecular flexibility index (Phi) is 8.21. The molecule has 3 rings (SSSR count). The lowest BCUT2D eigenvalue weighted by atomic mass is 10.0. The van der Waals surface area contributed by atoms with Crippen molar-refractivity contribution in [2.45, 2.75) is 32.9 Å². The van der Waals surface area contributed by atoms with Crippen molar-refractivity contribution in [3.8, 4) is 0 Å². The quantitative estimate of drug-likeness (QED) is 0.701. The lowest BCUT2D eigenvalue weighted by molar-refractivity contribution is -0.134. The Balaban J connectivity index is 1.64.